The smallest absolute Gasteiger partial charge is 0.278 e. The summed E-state index contributed by atoms with van der Waals surface area (Å²) in [5.41, 5.74) is 6.09. The van der Waals surface area contributed by atoms with Crippen molar-refractivity contribution in [2.75, 3.05) is 6.79 Å². The molecule has 0 amide bonds. The average molecular weight is 319 g/mol. The maximum Gasteiger partial charge on any atom is 0.278 e. The van der Waals surface area contributed by atoms with E-state index in [1.165, 1.54) is 12.1 Å². The van der Waals surface area contributed by atoms with Crippen molar-refractivity contribution in [1.29, 1.82) is 0 Å². The SMILES string of the molecule is CCC(C)[C@H](O)[C@H](N)c1cc2c(cc1[N+](=O)[O-])OCO2.Cl. The molecule has 1 aliphatic rings. The summed E-state index contributed by atoms with van der Waals surface area (Å²) in [4.78, 5) is 10.6. The summed E-state index contributed by atoms with van der Waals surface area (Å²) in [6.45, 7) is 3.80. The quantitative estimate of drug-likeness (QED) is 0.636. The Labute approximate surface area is 128 Å². The molecular weight excluding hydrogens is 300 g/mol. The predicted octanol–water partition coefficient (Wildman–Crippen LogP) is 2.15. The molecule has 1 aliphatic heterocycles. The molecule has 7 nitrogen and oxygen atoms in total. The molecule has 1 unspecified atom stereocenters. The number of fused-ring (bicyclic) bond motifs is 1. The number of nitrogens with two attached hydrogens (primary N) is 1. The number of hydrogen-bond donors (Lipinski definition) is 2. The van der Waals surface area contributed by atoms with Crippen LogP contribution in [0.3, 0.4) is 0 Å². The lowest BCUT2D eigenvalue weighted by Crippen LogP contribution is -2.32. The van der Waals surface area contributed by atoms with Crippen molar-refractivity contribution in [2.24, 2.45) is 11.7 Å². The summed E-state index contributed by atoms with van der Waals surface area (Å²) < 4.78 is 10.3. The molecule has 1 aromatic carbocycles. The van der Waals surface area contributed by atoms with Crippen LogP contribution in [0.1, 0.15) is 31.9 Å². The lowest BCUT2D eigenvalue weighted by molar-refractivity contribution is -0.385. The monoisotopic (exact) mass is 318 g/mol. The second-order valence-electron chi connectivity index (χ2n) is 4.92. The third-order valence-corrected chi connectivity index (χ3v) is 3.67. The third kappa shape index (κ3) is 3.37. The number of aliphatic hydroxyl groups is 1. The maximum atomic E-state index is 11.2. The molecule has 0 fully saturated rings. The second-order valence-corrected chi connectivity index (χ2v) is 4.92. The van der Waals surface area contributed by atoms with Crippen LogP contribution in [-0.4, -0.2) is 22.9 Å². The molecular formula is C13H19ClN2O5. The highest BCUT2D eigenvalue weighted by Gasteiger charge is 2.31. The van der Waals surface area contributed by atoms with Crippen molar-refractivity contribution in [1.82, 2.24) is 0 Å². The molecule has 0 saturated carbocycles. The standard InChI is InChI=1S/C13H18N2O5.ClH/c1-3-7(2)13(16)12(14)8-4-10-11(20-6-19-10)5-9(8)15(17)18;/h4-5,7,12-13,16H,3,6,14H2,1-2H3;1H/t7?,12-,13+;/m1./s1. The van der Waals surface area contributed by atoms with Crippen molar-refractivity contribution in [3.05, 3.63) is 27.8 Å². The van der Waals surface area contributed by atoms with Gasteiger partial charge in [-0.1, -0.05) is 20.3 Å². The van der Waals surface area contributed by atoms with Gasteiger partial charge in [-0.25, -0.2) is 0 Å². The van der Waals surface area contributed by atoms with E-state index >= 15 is 0 Å². The minimum absolute atomic E-state index is 0. The van der Waals surface area contributed by atoms with Crippen LogP contribution in [0.15, 0.2) is 12.1 Å². The number of nitro groups is 1. The van der Waals surface area contributed by atoms with Gasteiger partial charge < -0.3 is 20.3 Å². The number of halogens is 1. The molecule has 2 rings (SSSR count). The Kier molecular flexibility index (Phi) is 5.77. The third-order valence-electron chi connectivity index (χ3n) is 3.67. The van der Waals surface area contributed by atoms with Gasteiger partial charge in [-0.2, -0.15) is 0 Å². The molecule has 1 heterocycles. The number of aliphatic hydroxyl groups excluding tert-OH is 1. The Balaban J connectivity index is 0.00000220. The molecule has 0 aliphatic carbocycles. The summed E-state index contributed by atoms with van der Waals surface area (Å²) in [6, 6.07) is 1.93. The van der Waals surface area contributed by atoms with E-state index in [2.05, 4.69) is 0 Å². The van der Waals surface area contributed by atoms with Gasteiger partial charge in [0.05, 0.1) is 28.7 Å². The molecule has 3 atom stereocenters. The summed E-state index contributed by atoms with van der Waals surface area (Å²) >= 11 is 0. The number of ether oxygens (including phenoxy) is 2. The van der Waals surface area contributed by atoms with E-state index in [0.717, 1.165) is 6.42 Å². The van der Waals surface area contributed by atoms with Crippen molar-refractivity contribution >= 4 is 18.1 Å². The van der Waals surface area contributed by atoms with Crippen molar-refractivity contribution in [3.63, 3.8) is 0 Å². The maximum absolute atomic E-state index is 11.2. The predicted molar refractivity (Wildman–Crippen MR) is 78.9 cm³/mol. The Bertz CT molecular complexity index is 526. The van der Waals surface area contributed by atoms with Gasteiger partial charge in [0.1, 0.15) is 0 Å². The van der Waals surface area contributed by atoms with E-state index in [4.69, 9.17) is 15.2 Å². The first-order valence-electron chi connectivity index (χ1n) is 6.47. The molecule has 0 bridgehead atoms. The lowest BCUT2D eigenvalue weighted by atomic mass is 9.90. The van der Waals surface area contributed by atoms with Crippen LogP contribution in [0.25, 0.3) is 0 Å². The van der Waals surface area contributed by atoms with Gasteiger partial charge in [-0.3, -0.25) is 10.1 Å². The Morgan fingerprint density at radius 1 is 1.43 bits per heavy atom. The van der Waals surface area contributed by atoms with E-state index < -0.39 is 17.1 Å². The second kappa shape index (κ2) is 6.93. The summed E-state index contributed by atoms with van der Waals surface area (Å²) in [6.07, 6.45) is -0.133. The van der Waals surface area contributed by atoms with Gasteiger partial charge >= 0.3 is 0 Å². The highest BCUT2D eigenvalue weighted by atomic mass is 35.5. The number of rotatable bonds is 5. The van der Waals surface area contributed by atoms with Crippen molar-refractivity contribution in [2.45, 2.75) is 32.4 Å². The number of hydrogen-bond acceptors (Lipinski definition) is 6. The van der Waals surface area contributed by atoms with Gasteiger partial charge in [-0.15, -0.1) is 12.4 Å². The molecule has 118 valence electrons. The van der Waals surface area contributed by atoms with E-state index in [1.54, 1.807) is 0 Å². The Morgan fingerprint density at radius 3 is 2.52 bits per heavy atom. The van der Waals surface area contributed by atoms with Gasteiger partial charge in [0.2, 0.25) is 6.79 Å². The van der Waals surface area contributed by atoms with Crippen LogP contribution >= 0.6 is 12.4 Å². The molecule has 8 heteroatoms. The number of nitro benzene ring substituents is 1. The molecule has 0 saturated heterocycles. The van der Waals surface area contributed by atoms with E-state index in [0.29, 0.717) is 11.5 Å². The van der Waals surface area contributed by atoms with Crippen molar-refractivity contribution < 1.29 is 19.5 Å². The Morgan fingerprint density at radius 2 is 2.00 bits per heavy atom. The van der Waals surface area contributed by atoms with Crippen LogP contribution in [-0.2, 0) is 0 Å². The molecule has 0 radical (unpaired) electrons. The first-order chi connectivity index (χ1) is 9.45. The van der Waals surface area contributed by atoms with E-state index in [-0.39, 0.29) is 36.4 Å². The number of benzene rings is 1. The fourth-order valence-electron chi connectivity index (χ4n) is 2.15. The average Bonchev–Trinajstić information content (AvgIpc) is 2.90. The van der Waals surface area contributed by atoms with Crippen LogP contribution in [0, 0.1) is 16.0 Å². The van der Waals surface area contributed by atoms with Crippen LogP contribution < -0.4 is 15.2 Å². The van der Waals surface area contributed by atoms with Gasteiger partial charge in [0, 0.05) is 0 Å². The van der Waals surface area contributed by atoms with E-state index in [1.807, 2.05) is 13.8 Å². The molecule has 21 heavy (non-hydrogen) atoms. The molecule has 0 spiro atoms. The fourth-order valence-corrected chi connectivity index (χ4v) is 2.15. The lowest BCUT2D eigenvalue weighted by Gasteiger charge is -2.24. The minimum atomic E-state index is -0.862. The summed E-state index contributed by atoms with van der Waals surface area (Å²) in [5, 5.41) is 21.3. The topological polar surface area (TPSA) is 108 Å². The molecule has 1 aromatic rings. The first kappa shape index (κ1) is 17.5. The minimum Gasteiger partial charge on any atom is -0.454 e. The highest BCUT2D eigenvalue weighted by molar-refractivity contribution is 5.85. The summed E-state index contributed by atoms with van der Waals surface area (Å²) in [7, 11) is 0. The Hall–Kier alpha value is -1.57. The van der Waals surface area contributed by atoms with Crippen LogP contribution in [0.4, 0.5) is 5.69 Å². The van der Waals surface area contributed by atoms with E-state index in [9.17, 15) is 15.2 Å². The van der Waals surface area contributed by atoms with Crippen LogP contribution in [0.2, 0.25) is 0 Å². The van der Waals surface area contributed by atoms with Gasteiger partial charge in [-0.05, 0) is 12.0 Å². The zero-order valence-electron chi connectivity index (χ0n) is 11.8. The normalized spacial score (nSPS) is 16.8. The van der Waals surface area contributed by atoms with Crippen LogP contribution in [0.5, 0.6) is 11.5 Å². The van der Waals surface area contributed by atoms with Gasteiger partial charge in [0.15, 0.2) is 11.5 Å². The first-order valence-corrected chi connectivity index (χ1v) is 6.47. The zero-order valence-corrected chi connectivity index (χ0v) is 12.6. The zero-order chi connectivity index (χ0) is 14.9. The molecule has 3 N–H and O–H groups in total. The highest BCUT2D eigenvalue weighted by Crippen LogP contribution is 2.40. The number of nitrogens with zero attached hydrogens (tertiary/aromatic N) is 1. The van der Waals surface area contributed by atoms with Gasteiger partial charge in [0.25, 0.3) is 5.69 Å². The van der Waals surface area contributed by atoms with Crippen molar-refractivity contribution in [3.8, 4) is 11.5 Å². The largest absolute Gasteiger partial charge is 0.454 e. The molecule has 0 aromatic heterocycles. The summed E-state index contributed by atoms with van der Waals surface area (Å²) in [5.74, 6) is 0.679. The fraction of sp³-hybridized carbons (Fsp3) is 0.538.